The fourth-order valence-corrected chi connectivity index (χ4v) is 1.85. The van der Waals surface area contributed by atoms with Crippen molar-refractivity contribution in [3.05, 3.63) is 51.1 Å². The van der Waals surface area contributed by atoms with Gasteiger partial charge in [0.1, 0.15) is 5.75 Å². The smallest absolute Gasteiger partial charge is 0.219 e. The number of hydrogen-bond acceptors (Lipinski definition) is 3. The molecule has 2 aromatic rings. The van der Waals surface area contributed by atoms with Crippen molar-refractivity contribution in [1.29, 1.82) is 0 Å². The third-order valence-corrected chi connectivity index (χ3v) is 3.55. The Labute approximate surface area is 119 Å². The van der Waals surface area contributed by atoms with E-state index in [1.165, 1.54) is 0 Å². The number of nitrogens with two attached hydrogens (primary N) is 1. The molecule has 18 heavy (non-hydrogen) atoms. The molecule has 1 aromatic carbocycles. The molecule has 3 nitrogen and oxygen atoms in total. The molecule has 1 heterocycles. The lowest BCUT2D eigenvalue weighted by Gasteiger charge is -2.10. The maximum atomic E-state index is 5.95. The summed E-state index contributed by atoms with van der Waals surface area (Å²) in [6, 6.07) is 7.23. The highest BCUT2D eigenvalue weighted by Crippen LogP contribution is 2.28. The van der Waals surface area contributed by atoms with E-state index in [-0.39, 0.29) is 0 Å². The van der Waals surface area contributed by atoms with Crippen LogP contribution in [0.15, 0.2) is 34.9 Å². The number of ether oxygens (including phenoxy) is 1. The largest absolute Gasteiger partial charge is 0.439 e. The molecule has 0 bridgehead atoms. The first-order chi connectivity index (χ1) is 8.60. The molecule has 0 aliphatic carbocycles. The summed E-state index contributed by atoms with van der Waals surface area (Å²) in [7, 11) is 0. The van der Waals surface area contributed by atoms with E-state index in [0.717, 1.165) is 15.6 Å². The predicted octanol–water partition coefficient (Wildman–Crippen LogP) is 4.06. The van der Waals surface area contributed by atoms with Gasteiger partial charge in [-0.1, -0.05) is 17.7 Å². The van der Waals surface area contributed by atoms with Crippen molar-refractivity contribution < 1.29 is 4.74 Å². The number of pyridine rings is 1. The summed E-state index contributed by atoms with van der Waals surface area (Å²) in [5.74, 6) is 1.16. The van der Waals surface area contributed by atoms with E-state index in [9.17, 15) is 0 Å². The molecule has 0 amide bonds. The van der Waals surface area contributed by atoms with E-state index in [2.05, 4.69) is 20.9 Å². The van der Waals surface area contributed by atoms with Crippen LogP contribution >= 0.6 is 27.5 Å². The van der Waals surface area contributed by atoms with Gasteiger partial charge in [-0.2, -0.15) is 0 Å². The van der Waals surface area contributed by atoms with E-state index in [0.29, 0.717) is 23.2 Å². The molecule has 5 heteroatoms. The quantitative estimate of drug-likeness (QED) is 0.925. The zero-order valence-corrected chi connectivity index (χ0v) is 12.1. The fourth-order valence-electron chi connectivity index (χ4n) is 1.47. The van der Waals surface area contributed by atoms with Crippen LogP contribution in [0.2, 0.25) is 5.02 Å². The van der Waals surface area contributed by atoms with Crippen molar-refractivity contribution in [3.8, 4) is 11.6 Å². The van der Waals surface area contributed by atoms with Gasteiger partial charge < -0.3 is 10.5 Å². The first-order valence-corrected chi connectivity index (χ1v) is 6.55. The van der Waals surface area contributed by atoms with Crippen LogP contribution < -0.4 is 10.5 Å². The average molecular weight is 328 g/mol. The zero-order valence-electron chi connectivity index (χ0n) is 9.78. The van der Waals surface area contributed by atoms with Gasteiger partial charge >= 0.3 is 0 Å². The molecule has 0 saturated heterocycles. The predicted molar refractivity (Wildman–Crippen MR) is 76.1 cm³/mol. The van der Waals surface area contributed by atoms with E-state index in [1.807, 2.05) is 19.1 Å². The highest BCUT2D eigenvalue weighted by Gasteiger charge is 2.07. The minimum absolute atomic E-state index is 0.391. The van der Waals surface area contributed by atoms with Gasteiger partial charge in [-0.05, 0) is 40.5 Å². The van der Waals surface area contributed by atoms with Crippen LogP contribution in [0.1, 0.15) is 11.1 Å². The number of hydrogen-bond donors (Lipinski definition) is 1. The second-order valence-electron chi connectivity index (χ2n) is 3.83. The lowest BCUT2D eigenvalue weighted by atomic mass is 10.2. The molecule has 0 spiro atoms. The number of halogens is 2. The van der Waals surface area contributed by atoms with Crippen molar-refractivity contribution >= 4 is 27.5 Å². The molecule has 0 unspecified atom stereocenters. The number of aromatic nitrogens is 1. The highest BCUT2D eigenvalue weighted by atomic mass is 79.9. The number of benzene rings is 1. The Morgan fingerprint density at radius 3 is 2.83 bits per heavy atom. The van der Waals surface area contributed by atoms with Crippen molar-refractivity contribution in [2.24, 2.45) is 5.73 Å². The minimum Gasteiger partial charge on any atom is -0.439 e. The van der Waals surface area contributed by atoms with Gasteiger partial charge in [0, 0.05) is 33.9 Å². The Bertz CT molecular complexity index is 575. The van der Waals surface area contributed by atoms with Crippen molar-refractivity contribution in [2.45, 2.75) is 13.5 Å². The second-order valence-corrected chi connectivity index (χ2v) is 5.12. The summed E-state index contributed by atoms with van der Waals surface area (Å²) in [5.41, 5.74) is 7.60. The van der Waals surface area contributed by atoms with Gasteiger partial charge in [0.15, 0.2) is 0 Å². The number of rotatable bonds is 3. The van der Waals surface area contributed by atoms with Crippen LogP contribution in [-0.4, -0.2) is 4.98 Å². The highest BCUT2D eigenvalue weighted by molar-refractivity contribution is 9.10. The molecule has 0 atom stereocenters. The van der Waals surface area contributed by atoms with Gasteiger partial charge in [-0.15, -0.1) is 0 Å². The van der Waals surface area contributed by atoms with Gasteiger partial charge in [0.05, 0.1) is 0 Å². The summed E-state index contributed by atoms with van der Waals surface area (Å²) in [6.45, 7) is 2.36. The summed E-state index contributed by atoms with van der Waals surface area (Å²) >= 11 is 9.34. The third kappa shape index (κ3) is 3.02. The molecule has 0 radical (unpaired) electrons. The first-order valence-electron chi connectivity index (χ1n) is 5.38. The summed E-state index contributed by atoms with van der Waals surface area (Å²) in [6.07, 6.45) is 1.71. The monoisotopic (exact) mass is 326 g/mol. The summed E-state index contributed by atoms with van der Waals surface area (Å²) < 4.78 is 6.67. The maximum absolute atomic E-state index is 5.95. The second kappa shape index (κ2) is 5.69. The van der Waals surface area contributed by atoms with Crippen LogP contribution in [0.25, 0.3) is 0 Å². The van der Waals surface area contributed by atoms with E-state index in [4.69, 9.17) is 22.1 Å². The molecule has 94 valence electrons. The van der Waals surface area contributed by atoms with E-state index >= 15 is 0 Å². The summed E-state index contributed by atoms with van der Waals surface area (Å²) in [4.78, 5) is 4.19. The van der Waals surface area contributed by atoms with Gasteiger partial charge in [-0.3, -0.25) is 0 Å². The normalized spacial score (nSPS) is 10.4. The van der Waals surface area contributed by atoms with Crippen molar-refractivity contribution in [3.63, 3.8) is 0 Å². The Morgan fingerprint density at radius 2 is 2.17 bits per heavy atom. The lowest BCUT2D eigenvalue weighted by Crippen LogP contribution is -2.00. The van der Waals surface area contributed by atoms with E-state index < -0.39 is 0 Å². The molecule has 0 aliphatic heterocycles. The van der Waals surface area contributed by atoms with Crippen LogP contribution in [0.3, 0.4) is 0 Å². The van der Waals surface area contributed by atoms with E-state index in [1.54, 1.807) is 18.3 Å². The topological polar surface area (TPSA) is 48.1 Å². The standard InChI is InChI=1S/C13H12BrClN2O/c1-8-4-13(17-7-11(8)14)18-12-5-10(15)3-2-9(12)6-16/h2-5,7H,6,16H2,1H3. The van der Waals surface area contributed by atoms with Gasteiger partial charge in [0.2, 0.25) is 5.88 Å². The molecular weight excluding hydrogens is 316 g/mol. The minimum atomic E-state index is 0.391. The molecule has 0 fully saturated rings. The Hall–Kier alpha value is -1.10. The Kier molecular flexibility index (Phi) is 4.22. The van der Waals surface area contributed by atoms with Crippen LogP contribution in [-0.2, 0) is 6.54 Å². The molecule has 0 saturated carbocycles. The first kappa shape index (κ1) is 13.3. The molecule has 2 N–H and O–H groups in total. The molecule has 0 aliphatic rings. The van der Waals surface area contributed by atoms with Crippen LogP contribution in [0.5, 0.6) is 11.6 Å². The van der Waals surface area contributed by atoms with Gasteiger partial charge in [-0.25, -0.2) is 4.98 Å². The van der Waals surface area contributed by atoms with Gasteiger partial charge in [0.25, 0.3) is 0 Å². The SMILES string of the molecule is Cc1cc(Oc2cc(Cl)ccc2CN)ncc1Br. The Morgan fingerprint density at radius 1 is 1.39 bits per heavy atom. The van der Waals surface area contributed by atoms with Crippen LogP contribution in [0.4, 0.5) is 0 Å². The van der Waals surface area contributed by atoms with Crippen molar-refractivity contribution in [2.75, 3.05) is 0 Å². The Balaban J connectivity index is 2.33. The zero-order chi connectivity index (χ0) is 13.1. The van der Waals surface area contributed by atoms with Crippen LogP contribution in [0, 0.1) is 6.92 Å². The molecule has 1 aromatic heterocycles. The average Bonchev–Trinajstić information content (AvgIpc) is 2.34. The summed E-state index contributed by atoms with van der Waals surface area (Å²) in [5, 5.41) is 0.607. The fraction of sp³-hybridized carbons (Fsp3) is 0.154. The maximum Gasteiger partial charge on any atom is 0.219 e. The molecule has 2 rings (SSSR count). The van der Waals surface area contributed by atoms with Crippen molar-refractivity contribution in [1.82, 2.24) is 4.98 Å². The number of nitrogens with zero attached hydrogens (tertiary/aromatic N) is 1. The molecular formula is C13H12BrClN2O. The number of aryl methyl sites for hydroxylation is 1. The third-order valence-electron chi connectivity index (χ3n) is 2.49. The lowest BCUT2D eigenvalue weighted by molar-refractivity contribution is 0.456.